The topological polar surface area (TPSA) is 45.2 Å². The van der Waals surface area contributed by atoms with Gasteiger partial charge in [0.25, 0.3) is 0 Å². The van der Waals surface area contributed by atoms with E-state index in [0.717, 1.165) is 22.7 Å². The number of nitrogens with zero attached hydrogens (tertiary/aromatic N) is 2. The third-order valence-electron chi connectivity index (χ3n) is 3.83. The monoisotopic (exact) mass is 331 g/mol. The molecule has 0 atom stereocenters. The minimum absolute atomic E-state index is 0.131. The molecule has 1 aromatic heterocycles. The summed E-state index contributed by atoms with van der Waals surface area (Å²) in [6.07, 6.45) is 4.84. The summed E-state index contributed by atoms with van der Waals surface area (Å²) in [5.74, 6) is 0.131. The van der Waals surface area contributed by atoms with Gasteiger partial charge in [0.1, 0.15) is 0 Å². The Hall–Kier alpha value is -2.07. The molecular weight excluding hydrogens is 310 g/mol. The van der Waals surface area contributed by atoms with E-state index < -0.39 is 0 Å². The summed E-state index contributed by atoms with van der Waals surface area (Å²) in [4.78, 5) is 17.9. The van der Waals surface area contributed by atoms with Gasteiger partial charge in [-0.15, -0.1) is 0 Å². The zero-order chi connectivity index (χ0) is 16.7. The number of carbonyl (C=O) groups excluding carboxylic acids is 1. The van der Waals surface area contributed by atoms with E-state index >= 15 is 0 Å². The molecule has 1 aromatic carbocycles. The van der Waals surface area contributed by atoms with E-state index in [9.17, 15) is 4.79 Å². The Morgan fingerprint density at radius 2 is 2.00 bits per heavy atom. The molecule has 0 fully saturated rings. The van der Waals surface area contributed by atoms with Gasteiger partial charge in [0.05, 0.1) is 0 Å². The molecule has 0 saturated heterocycles. The number of carbonyl (C=O) groups is 1. The van der Waals surface area contributed by atoms with Crippen molar-refractivity contribution in [1.29, 1.82) is 0 Å². The number of halogens is 1. The third-order valence-corrected chi connectivity index (χ3v) is 4.24. The Labute approximate surface area is 142 Å². The van der Waals surface area contributed by atoms with Crippen LogP contribution in [0.25, 0.3) is 0 Å². The Morgan fingerprint density at radius 1 is 1.26 bits per heavy atom. The third kappa shape index (κ3) is 5.25. The molecule has 2 rings (SSSR count). The van der Waals surface area contributed by atoms with Crippen LogP contribution in [-0.2, 0) is 11.2 Å². The number of amides is 1. The molecule has 0 aliphatic heterocycles. The van der Waals surface area contributed by atoms with Crippen molar-refractivity contribution >= 4 is 23.2 Å². The number of rotatable bonds is 7. The molecule has 0 aliphatic rings. The largest absolute Gasteiger partial charge is 0.384 e. The molecule has 122 valence electrons. The summed E-state index contributed by atoms with van der Waals surface area (Å²) in [5, 5.41) is 4.01. The predicted molar refractivity (Wildman–Crippen MR) is 94.9 cm³/mol. The second-order valence-electron chi connectivity index (χ2n) is 5.51. The average Bonchev–Trinajstić information content (AvgIpc) is 2.57. The molecule has 0 bridgehead atoms. The zero-order valence-corrected chi connectivity index (χ0v) is 14.3. The van der Waals surface area contributed by atoms with E-state index in [2.05, 4.69) is 10.3 Å². The predicted octanol–water partition coefficient (Wildman–Crippen LogP) is 3.55. The summed E-state index contributed by atoms with van der Waals surface area (Å²) in [7, 11) is 1.84. The summed E-state index contributed by atoms with van der Waals surface area (Å²) in [6.45, 7) is 3.27. The van der Waals surface area contributed by atoms with Gasteiger partial charge in [-0.05, 0) is 48.7 Å². The van der Waals surface area contributed by atoms with Crippen LogP contribution in [0.15, 0.2) is 42.7 Å². The number of nitrogens with one attached hydrogen (secondary N) is 1. The van der Waals surface area contributed by atoms with Crippen LogP contribution in [0.2, 0.25) is 5.02 Å². The molecule has 2 aromatic rings. The lowest BCUT2D eigenvalue weighted by Gasteiger charge is -2.18. The first-order chi connectivity index (χ1) is 11.1. The molecule has 5 heteroatoms. The molecule has 0 unspecified atom stereocenters. The smallest absolute Gasteiger partial charge is 0.224 e. The first-order valence-electron chi connectivity index (χ1n) is 7.70. The van der Waals surface area contributed by atoms with Crippen molar-refractivity contribution in [3.05, 3.63) is 58.9 Å². The van der Waals surface area contributed by atoms with Crippen LogP contribution in [0.5, 0.6) is 0 Å². The van der Waals surface area contributed by atoms with E-state index in [0.29, 0.717) is 19.5 Å². The fourth-order valence-electron chi connectivity index (χ4n) is 2.26. The second-order valence-corrected chi connectivity index (χ2v) is 5.92. The number of aromatic nitrogens is 1. The van der Waals surface area contributed by atoms with E-state index in [1.165, 1.54) is 5.56 Å². The minimum Gasteiger partial charge on any atom is -0.384 e. The van der Waals surface area contributed by atoms with E-state index in [-0.39, 0.29) is 5.91 Å². The van der Waals surface area contributed by atoms with E-state index in [1.807, 2.05) is 44.3 Å². The molecule has 1 heterocycles. The van der Waals surface area contributed by atoms with Gasteiger partial charge in [-0.3, -0.25) is 9.78 Å². The Balaban J connectivity index is 1.74. The molecule has 0 aliphatic carbocycles. The van der Waals surface area contributed by atoms with Gasteiger partial charge >= 0.3 is 0 Å². The number of anilines is 1. The first kappa shape index (κ1) is 17.3. The van der Waals surface area contributed by atoms with Crippen molar-refractivity contribution in [3.63, 3.8) is 0 Å². The quantitative estimate of drug-likeness (QED) is 0.844. The molecule has 23 heavy (non-hydrogen) atoms. The lowest BCUT2D eigenvalue weighted by molar-refractivity contribution is -0.129. The summed E-state index contributed by atoms with van der Waals surface area (Å²) in [5.41, 5.74) is 3.17. The molecule has 0 saturated carbocycles. The number of benzene rings is 1. The second kappa shape index (κ2) is 8.53. The highest BCUT2D eigenvalue weighted by molar-refractivity contribution is 6.31. The van der Waals surface area contributed by atoms with Crippen LogP contribution in [0.4, 0.5) is 5.69 Å². The van der Waals surface area contributed by atoms with E-state index in [4.69, 9.17) is 11.6 Å². The fourth-order valence-corrected chi connectivity index (χ4v) is 2.44. The Bertz CT molecular complexity index is 646. The Kier molecular flexibility index (Phi) is 6.41. The maximum absolute atomic E-state index is 12.2. The summed E-state index contributed by atoms with van der Waals surface area (Å²) in [6, 6.07) is 9.68. The van der Waals surface area contributed by atoms with Gasteiger partial charge in [0.2, 0.25) is 5.91 Å². The lowest BCUT2D eigenvalue weighted by Crippen LogP contribution is -2.30. The van der Waals surface area contributed by atoms with Gasteiger partial charge < -0.3 is 10.2 Å². The van der Waals surface area contributed by atoms with E-state index in [1.54, 1.807) is 17.3 Å². The maximum atomic E-state index is 12.2. The fraction of sp³-hybridized carbons (Fsp3) is 0.333. The lowest BCUT2D eigenvalue weighted by atomic mass is 10.2. The van der Waals surface area contributed by atoms with Crippen molar-refractivity contribution in [2.45, 2.75) is 19.8 Å². The summed E-state index contributed by atoms with van der Waals surface area (Å²) >= 11 is 6.09. The van der Waals surface area contributed by atoms with Crippen LogP contribution in [-0.4, -0.2) is 35.9 Å². The van der Waals surface area contributed by atoms with Gasteiger partial charge in [-0.1, -0.05) is 17.7 Å². The minimum atomic E-state index is 0.131. The van der Waals surface area contributed by atoms with Crippen LogP contribution in [0.1, 0.15) is 17.5 Å². The molecule has 4 nitrogen and oxygen atoms in total. The van der Waals surface area contributed by atoms with Crippen LogP contribution in [0.3, 0.4) is 0 Å². The van der Waals surface area contributed by atoms with Crippen LogP contribution < -0.4 is 5.32 Å². The van der Waals surface area contributed by atoms with Crippen molar-refractivity contribution in [3.8, 4) is 0 Å². The highest BCUT2D eigenvalue weighted by Crippen LogP contribution is 2.22. The summed E-state index contributed by atoms with van der Waals surface area (Å²) < 4.78 is 0. The van der Waals surface area contributed by atoms with Gasteiger partial charge in [0, 0.05) is 49.7 Å². The van der Waals surface area contributed by atoms with Gasteiger partial charge in [-0.25, -0.2) is 0 Å². The number of pyridine rings is 1. The van der Waals surface area contributed by atoms with Gasteiger partial charge in [-0.2, -0.15) is 0 Å². The standard InChI is InChI=1S/C18H22ClN3O/c1-14-16(19)4-3-5-17(14)21-12-8-18(23)22(2)13-9-15-6-10-20-11-7-15/h3-7,10-11,21H,8-9,12-13H2,1-2H3. The molecular formula is C18H22ClN3O. The number of likely N-dealkylation sites (N-methyl/N-ethyl adjacent to an activating group) is 1. The average molecular weight is 332 g/mol. The molecule has 0 spiro atoms. The van der Waals surface area contributed by atoms with Crippen LogP contribution >= 0.6 is 11.6 Å². The van der Waals surface area contributed by atoms with Crippen molar-refractivity contribution < 1.29 is 4.79 Å². The van der Waals surface area contributed by atoms with Crippen molar-refractivity contribution in [2.24, 2.45) is 0 Å². The number of hydrogen-bond donors (Lipinski definition) is 1. The first-order valence-corrected chi connectivity index (χ1v) is 8.07. The van der Waals surface area contributed by atoms with Gasteiger partial charge in [0.15, 0.2) is 0 Å². The van der Waals surface area contributed by atoms with Crippen molar-refractivity contribution in [1.82, 2.24) is 9.88 Å². The number of hydrogen-bond acceptors (Lipinski definition) is 3. The maximum Gasteiger partial charge on any atom is 0.224 e. The highest BCUT2D eigenvalue weighted by Gasteiger charge is 2.09. The zero-order valence-electron chi connectivity index (χ0n) is 13.6. The SMILES string of the molecule is Cc1c(Cl)cccc1NCCC(=O)N(C)CCc1ccncc1. The normalized spacial score (nSPS) is 10.4. The van der Waals surface area contributed by atoms with Crippen molar-refractivity contribution in [2.75, 3.05) is 25.5 Å². The molecule has 0 radical (unpaired) electrons. The van der Waals surface area contributed by atoms with Crippen LogP contribution in [0, 0.1) is 6.92 Å². The molecule has 1 N–H and O–H groups in total. The Morgan fingerprint density at radius 3 is 2.74 bits per heavy atom. The highest BCUT2D eigenvalue weighted by atomic mass is 35.5. The molecule has 1 amide bonds.